The molecule has 7 heteroatoms. The van der Waals surface area contributed by atoms with E-state index in [2.05, 4.69) is 11.5 Å². The lowest BCUT2D eigenvalue weighted by Gasteiger charge is -2.32. The van der Waals surface area contributed by atoms with E-state index in [1.807, 2.05) is 12.1 Å². The van der Waals surface area contributed by atoms with E-state index in [9.17, 15) is 14.5 Å². The second-order valence-corrected chi connectivity index (χ2v) is 6.41. The molecule has 0 aromatic heterocycles. The van der Waals surface area contributed by atoms with Crippen LogP contribution in [-0.2, 0) is 9.53 Å². The van der Waals surface area contributed by atoms with Crippen LogP contribution in [0.5, 0.6) is 0 Å². The van der Waals surface area contributed by atoms with Crippen molar-refractivity contribution in [3.63, 3.8) is 0 Å². The molecule has 138 valence electrons. The summed E-state index contributed by atoms with van der Waals surface area (Å²) in [6.07, 6.45) is 4.21. The highest BCUT2D eigenvalue weighted by Crippen LogP contribution is 2.21. The van der Waals surface area contributed by atoms with E-state index in [-0.39, 0.29) is 17.6 Å². The number of nitrogens with zero attached hydrogens (tertiary/aromatic N) is 1. The van der Waals surface area contributed by atoms with Gasteiger partial charge in [-0.2, -0.15) is 0 Å². The zero-order chi connectivity index (χ0) is 19.4. The van der Waals surface area contributed by atoms with E-state index in [0.29, 0.717) is 42.9 Å². The number of likely N-dealkylation sites (tertiary alicyclic amines) is 1. The fraction of sp³-hybridized carbons (Fsp3) is 0.300. The van der Waals surface area contributed by atoms with Crippen LogP contribution in [0.3, 0.4) is 0 Å². The average molecular weight is 367 g/mol. The van der Waals surface area contributed by atoms with Crippen molar-refractivity contribution in [3.05, 3.63) is 69.2 Å². The average Bonchev–Trinajstić information content (AvgIpc) is 2.69. The van der Waals surface area contributed by atoms with Crippen LogP contribution in [0.15, 0.2) is 53.1 Å². The molecule has 3 rings (SSSR count). The Morgan fingerprint density at radius 3 is 2.56 bits per heavy atom. The molecule has 1 aromatic carbocycles. The largest absolute Gasteiger partial charge is 0.482 e. The molecular weight excluding hydrogens is 348 g/mol. The number of amides is 1. The minimum atomic E-state index is -1.06. The van der Waals surface area contributed by atoms with Crippen LogP contribution in [-0.4, -0.2) is 41.1 Å². The maximum Gasteiger partial charge on any atom is 0.344 e. The Morgan fingerprint density at radius 1 is 1.22 bits per heavy atom. The summed E-state index contributed by atoms with van der Waals surface area (Å²) in [6, 6.07) is 4.96. The van der Waals surface area contributed by atoms with Crippen LogP contribution in [0.25, 0.3) is 0 Å². The van der Waals surface area contributed by atoms with Gasteiger partial charge in [-0.15, -0.1) is 0 Å². The number of nitrogens with one attached hydrogen (secondary N) is 1. The quantitative estimate of drug-likeness (QED) is 0.765. The molecule has 1 aromatic rings. The maximum atomic E-state index is 12.7. The second kappa shape index (κ2) is 7.87. The van der Waals surface area contributed by atoms with Crippen molar-refractivity contribution in [2.45, 2.75) is 25.9 Å². The van der Waals surface area contributed by atoms with Crippen LogP contribution >= 0.6 is 0 Å². The first-order chi connectivity index (χ1) is 13.0. The third-order valence-electron chi connectivity index (χ3n) is 4.56. The maximum absolute atomic E-state index is 12.7. The highest BCUT2D eigenvalue weighted by Gasteiger charge is 2.26. The van der Waals surface area contributed by atoms with Gasteiger partial charge in [-0.1, -0.05) is 11.8 Å². The van der Waals surface area contributed by atoms with E-state index in [1.54, 1.807) is 29.2 Å². The molecule has 27 heavy (non-hydrogen) atoms. The number of nitroso groups, excluding NO2 is 1. The third kappa shape index (κ3) is 4.23. The molecule has 1 amide bonds. The normalized spacial score (nSPS) is 16.6. The van der Waals surface area contributed by atoms with Gasteiger partial charge in [-0.05, 0) is 30.4 Å². The fourth-order valence-corrected chi connectivity index (χ4v) is 3.01. The fourth-order valence-electron chi connectivity index (χ4n) is 3.01. The van der Waals surface area contributed by atoms with Crippen LogP contribution < -0.4 is 5.18 Å². The van der Waals surface area contributed by atoms with Crippen molar-refractivity contribution in [1.82, 2.24) is 4.90 Å². The molecule has 1 saturated heterocycles. The van der Waals surface area contributed by atoms with Crippen LogP contribution in [0.2, 0.25) is 0 Å². The van der Waals surface area contributed by atoms with E-state index in [0.717, 1.165) is 5.56 Å². The molecule has 0 spiro atoms. The smallest absolute Gasteiger partial charge is 0.344 e. The molecule has 1 aliphatic heterocycles. The van der Waals surface area contributed by atoms with Gasteiger partial charge in [-0.25, -0.2) is 4.79 Å². The van der Waals surface area contributed by atoms with Gasteiger partial charge < -0.3 is 14.7 Å². The SMILES string of the molecule is Cc1ccc([NH+]=O)cc1C(=O)N1CCC(OC2=C=C=C(C(=O)O)C=C2)CC1. The molecule has 0 radical (unpaired) electrons. The Hall–Kier alpha value is -3.40. The molecule has 0 atom stereocenters. The van der Waals surface area contributed by atoms with Gasteiger partial charge in [0.1, 0.15) is 11.7 Å². The van der Waals surface area contributed by atoms with Crippen molar-refractivity contribution in [2.24, 2.45) is 0 Å². The first-order valence-electron chi connectivity index (χ1n) is 8.60. The number of ether oxygens (including phenoxy) is 1. The number of carbonyl (C=O) groups excluding carboxylic acids is 1. The van der Waals surface area contributed by atoms with E-state index >= 15 is 0 Å². The summed E-state index contributed by atoms with van der Waals surface area (Å²) in [5.41, 5.74) is 6.98. The summed E-state index contributed by atoms with van der Waals surface area (Å²) in [6.45, 7) is 2.91. The van der Waals surface area contributed by atoms with Crippen molar-refractivity contribution >= 4 is 17.6 Å². The lowest BCUT2D eigenvalue weighted by atomic mass is 10.0. The second-order valence-electron chi connectivity index (χ2n) is 6.41. The van der Waals surface area contributed by atoms with Gasteiger partial charge in [0.05, 0.1) is 0 Å². The summed E-state index contributed by atoms with van der Waals surface area (Å²) in [4.78, 5) is 36.2. The number of carbonyl (C=O) groups is 2. The highest BCUT2D eigenvalue weighted by molar-refractivity contribution is 5.96. The summed E-state index contributed by atoms with van der Waals surface area (Å²) in [5, 5.41) is 10.7. The van der Waals surface area contributed by atoms with Gasteiger partial charge in [0.15, 0.2) is 5.76 Å². The minimum Gasteiger partial charge on any atom is -0.482 e. The van der Waals surface area contributed by atoms with Crippen molar-refractivity contribution < 1.29 is 24.6 Å². The monoisotopic (exact) mass is 367 g/mol. The molecule has 0 bridgehead atoms. The molecule has 1 heterocycles. The molecule has 2 N–H and O–H groups in total. The topological polar surface area (TPSA) is 97.9 Å². The minimum absolute atomic E-state index is 0.0351. The molecule has 1 aliphatic carbocycles. The zero-order valence-electron chi connectivity index (χ0n) is 14.8. The van der Waals surface area contributed by atoms with Gasteiger partial charge >= 0.3 is 5.97 Å². The number of hydrogen-bond donors (Lipinski definition) is 2. The molecule has 0 unspecified atom stereocenters. The first-order valence-corrected chi connectivity index (χ1v) is 8.60. The zero-order valence-corrected chi connectivity index (χ0v) is 14.8. The van der Waals surface area contributed by atoms with Gasteiger partial charge in [0.2, 0.25) is 0 Å². The molecule has 0 saturated carbocycles. The van der Waals surface area contributed by atoms with E-state index in [1.165, 1.54) is 6.08 Å². The molecular formula is C20H19N2O5+. The van der Waals surface area contributed by atoms with Gasteiger partial charge in [-0.3, -0.25) is 4.79 Å². The number of carboxylic acid groups (broad SMARTS) is 1. The highest BCUT2D eigenvalue weighted by atomic mass is 16.5. The molecule has 2 aliphatic rings. The number of carboxylic acids is 1. The summed E-state index contributed by atoms with van der Waals surface area (Å²) < 4.78 is 5.82. The number of benzene rings is 1. The van der Waals surface area contributed by atoms with E-state index < -0.39 is 5.97 Å². The number of aryl methyl sites for hydroxylation is 1. The first kappa shape index (κ1) is 18.4. The van der Waals surface area contributed by atoms with Crippen LogP contribution in [0, 0.1) is 11.8 Å². The van der Waals surface area contributed by atoms with Crippen molar-refractivity contribution in [2.75, 3.05) is 13.1 Å². The summed E-state index contributed by atoms with van der Waals surface area (Å²) in [7, 11) is 0. The number of aliphatic carboxylic acids is 1. The number of hydrogen-bond acceptors (Lipinski definition) is 4. The van der Waals surface area contributed by atoms with Gasteiger partial charge in [0, 0.05) is 53.7 Å². The number of rotatable bonds is 5. The Morgan fingerprint density at radius 2 is 1.96 bits per heavy atom. The summed E-state index contributed by atoms with van der Waals surface area (Å²) in [5.74, 6) is -0.722. The standard InChI is InChI=1S/C20H18N2O5/c1-13-2-5-15(21-26)12-18(13)19(23)22-10-8-17(9-11-22)27-16-6-3-14(4-7-16)20(24)25/h2-3,5-6,12,17H,8-11H2,1H3,(H,24,25)/p+1. The van der Waals surface area contributed by atoms with Crippen molar-refractivity contribution in [1.29, 1.82) is 0 Å². The molecule has 1 fully saturated rings. The lowest BCUT2D eigenvalue weighted by Crippen LogP contribution is -2.55. The van der Waals surface area contributed by atoms with Crippen LogP contribution in [0.4, 0.5) is 5.69 Å². The Labute approximate surface area is 155 Å². The predicted molar refractivity (Wildman–Crippen MR) is 96.0 cm³/mol. The Balaban J connectivity index is 1.62. The predicted octanol–water partition coefficient (Wildman–Crippen LogP) is 1.31. The summed E-state index contributed by atoms with van der Waals surface area (Å²) >= 11 is 0. The number of piperidine rings is 1. The lowest BCUT2D eigenvalue weighted by molar-refractivity contribution is -0.379. The Kier molecular flexibility index (Phi) is 5.36. The Bertz CT molecular complexity index is 926. The van der Waals surface area contributed by atoms with E-state index in [4.69, 9.17) is 9.84 Å². The van der Waals surface area contributed by atoms with Crippen LogP contribution in [0.1, 0.15) is 28.8 Å². The van der Waals surface area contributed by atoms with Gasteiger partial charge in [0.25, 0.3) is 11.6 Å². The van der Waals surface area contributed by atoms with Crippen molar-refractivity contribution in [3.8, 4) is 0 Å². The molecule has 7 nitrogen and oxygen atoms in total. The number of allylic oxidation sites excluding steroid dienone is 1. The third-order valence-corrected chi connectivity index (χ3v) is 4.56.